The first-order chi connectivity index (χ1) is 8.42. The fraction of sp³-hybridized carbons (Fsp3) is 0.545. The second-order valence-corrected chi connectivity index (χ2v) is 3.80. The van der Waals surface area contributed by atoms with Crippen LogP contribution < -0.4 is 10.6 Å². The molecule has 0 saturated heterocycles. The minimum Gasteiger partial charge on any atom is -0.345 e. The van der Waals surface area contributed by atoms with Crippen LogP contribution in [0.3, 0.4) is 0 Å². The molecule has 0 unspecified atom stereocenters. The highest BCUT2D eigenvalue weighted by Crippen LogP contribution is 2.12. The Labute approximate surface area is 103 Å². The lowest BCUT2D eigenvalue weighted by Gasteiger charge is -2.11. The lowest BCUT2D eigenvalue weighted by atomic mass is 10.4. The van der Waals surface area contributed by atoms with Crippen LogP contribution in [0.5, 0.6) is 0 Å². The highest BCUT2D eigenvalue weighted by molar-refractivity contribution is 5.75. The second kappa shape index (κ2) is 6.44. The summed E-state index contributed by atoms with van der Waals surface area (Å²) in [6.45, 7) is 1.91. The van der Waals surface area contributed by atoms with Gasteiger partial charge in [-0.05, 0) is 18.7 Å². The van der Waals surface area contributed by atoms with Crippen molar-refractivity contribution in [1.82, 2.24) is 15.2 Å². The molecule has 0 radical (unpaired) electrons. The molecule has 0 atom stereocenters. The average Bonchev–Trinajstić information content (AvgIpc) is 2.70. The number of amides is 1. The van der Waals surface area contributed by atoms with E-state index in [0.29, 0.717) is 6.54 Å². The summed E-state index contributed by atoms with van der Waals surface area (Å²) in [6, 6.07) is 3.57. The number of halogens is 3. The monoisotopic (exact) mass is 263 g/mol. The van der Waals surface area contributed by atoms with Gasteiger partial charge in [-0.1, -0.05) is 6.92 Å². The first-order valence-electron chi connectivity index (χ1n) is 5.60. The van der Waals surface area contributed by atoms with Crippen LogP contribution in [0, 0.1) is 0 Å². The van der Waals surface area contributed by atoms with Crippen molar-refractivity contribution in [1.29, 1.82) is 0 Å². The van der Waals surface area contributed by atoms with Crippen molar-refractivity contribution in [3.8, 4) is 0 Å². The Morgan fingerprint density at radius 1 is 1.44 bits per heavy atom. The molecule has 7 heteroatoms. The van der Waals surface area contributed by atoms with E-state index < -0.39 is 18.6 Å². The normalized spacial score (nSPS) is 11.6. The summed E-state index contributed by atoms with van der Waals surface area (Å²) < 4.78 is 37.3. The molecular weight excluding hydrogens is 247 g/mol. The Bertz CT molecular complexity index is 387. The van der Waals surface area contributed by atoms with Crippen molar-refractivity contribution in [3.63, 3.8) is 0 Å². The maximum Gasteiger partial charge on any atom is 0.405 e. The van der Waals surface area contributed by atoms with Crippen molar-refractivity contribution in [2.75, 3.05) is 13.1 Å². The fourth-order valence-electron chi connectivity index (χ4n) is 1.43. The first kappa shape index (κ1) is 14.6. The van der Waals surface area contributed by atoms with Crippen molar-refractivity contribution < 1.29 is 18.0 Å². The molecule has 102 valence electrons. The third kappa shape index (κ3) is 5.22. The van der Waals surface area contributed by atoms with Gasteiger partial charge in [0.1, 0.15) is 13.1 Å². The largest absolute Gasteiger partial charge is 0.405 e. The van der Waals surface area contributed by atoms with Crippen LogP contribution in [-0.4, -0.2) is 29.7 Å². The van der Waals surface area contributed by atoms with Crippen molar-refractivity contribution in [2.24, 2.45) is 0 Å². The van der Waals surface area contributed by atoms with Gasteiger partial charge in [0.15, 0.2) is 0 Å². The van der Waals surface area contributed by atoms with E-state index in [2.05, 4.69) is 5.32 Å². The minimum atomic E-state index is -4.38. The zero-order chi connectivity index (χ0) is 13.6. The van der Waals surface area contributed by atoms with Gasteiger partial charge in [-0.25, -0.2) is 0 Å². The van der Waals surface area contributed by atoms with E-state index in [1.807, 2.05) is 18.3 Å². The van der Waals surface area contributed by atoms with E-state index >= 15 is 0 Å². The Morgan fingerprint density at radius 3 is 2.78 bits per heavy atom. The van der Waals surface area contributed by atoms with Crippen LogP contribution in [0.2, 0.25) is 0 Å². The number of nitrogens with one attached hydrogen (secondary N) is 2. The molecule has 0 aromatic carbocycles. The number of rotatable bonds is 6. The van der Waals surface area contributed by atoms with E-state index in [9.17, 15) is 18.0 Å². The maximum absolute atomic E-state index is 11.9. The summed E-state index contributed by atoms with van der Waals surface area (Å²) in [5.41, 5.74) is 0.860. The maximum atomic E-state index is 11.9. The molecule has 1 aromatic heterocycles. The molecule has 18 heavy (non-hydrogen) atoms. The highest BCUT2D eigenvalue weighted by Gasteiger charge is 2.27. The highest BCUT2D eigenvalue weighted by atomic mass is 19.4. The average molecular weight is 263 g/mol. The lowest BCUT2D eigenvalue weighted by molar-refractivity contribution is -0.138. The lowest BCUT2D eigenvalue weighted by Crippen LogP contribution is -2.36. The molecule has 0 saturated carbocycles. The predicted octanol–water partition coefficient (Wildman–Crippen LogP) is 1.28. The van der Waals surface area contributed by atoms with E-state index in [1.54, 1.807) is 16.8 Å². The van der Waals surface area contributed by atoms with Gasteiger partial charge in [0, 0.05) is 18.4 Å². The topological polar surface area (TPSA) is 46.1 Å². The van der Waals surface area contributed by atoms with Crippen LogP contribution in [-0.2, 0) is 17.9 Å². The third-order valence-electron chi connectivity index (χ3n) is 2.28. The Hall–Kier alpha value is -1.50. The molecule has 2 N–H and O–H groups in total. The Kier molecular flexibility index (Phi) is 5.21. The first-order valence-corrected chi connectivity index (χ1v) is 5.60. The molecule has 0 fully saturated rings. The van der Waals surface area contributed by atoms with Crippen LogP contribution in [0.15, 0.2) is 18.3 Å². The van der Waals surface area contributed by atoms with E-state index in [4.69, 9.17) is 0 Å². The van der Waals surface area contributed by atoms with Gasteiger partial charge in [-0.2, -0.15) is 13.2 Å². The van der Waals surface area contributed by atoms with Gasteiger partial charge >= 0.3 is 6.18 Å². The Morgan fingerprint density at radius 2 is 2.17 bits per heavy atom. The van der Waals surface area contributed by atoms with E-state index in [0.717, 1.165) is 12.2 Å². The summed E-state index contributed by atoms with van der Waals surface area (Å²) in [6.07, 6.45) is -2.71. The molecule has 4 nitrogen and oxygen atoms in total. The van der Waals surface area contributed by atoms with Crippen molar-refractivity contribution in [3.05, 3.63) is 24.0 Å². The molecule has 0 bridgehead atoms. The third-order valence-corrected chi connectivity index (χ3v) is 2.28. The van der Waals surface area contributed by atoms with Crippen molar-refractivity contribution >= 4 is 5.91 Å². The van der Waals surface area contributed by atoms with Gasteiger partial charge in [-0.15, -0.1) is 0 Å². The smallest absolute Gasteiger partial charge is 0.345 e. The van der Waals surface area contributed by atoms with Gasteiger partial charge in [0.05, 0.1) is 0 Å². The summed E-state index contributed by atoms with van der Waals surface area (Å²) in [7, 11) is 0. The second-order valence-electron chi connectivity index (χ2n) is 3.80. The summed E-state index contributed by atoms with van der Waals surface area (Å²) in [5, 5.41) is 4.93. The van der Waals surface area contributed by atoms with Gasteiger partial charge in [0.25, 0.3) is 0 Å². The molecule has 1 aromatic rings. The number of hydrogen-bond donors (Lipinski definition) is 2. The van der Waals surface area contributed by atoms with Crippen molar-refractivity contribution in [2.45, 2.75) is 26.2 Å². The number of alkyl halides is 3. The van der Waals surface area contributed by atoms with Gasteiger partial charge < -0.3 is 15.2 Å². The van der Waals surface area contributed by atoms with Crippen LogP contribution in [0.4, 0.5) is 13.2 Å². The predicted molar refractivity (Wildman–Crippen MR) is 60.9 cm³/mol. The number of carbonyl (C=O) groups is 1. The number of carbonyl (C=O) groups excluding carboxylic acids is 1. The summed E-state index contributed by atoms with van der Waals surface area (Å²) in [5.74, 6) is -0.652. The quantitative estimate of drug-likeness (QED) is 0.812. The Balaban J connectivity index is 2.46. The molecular formula is C11H16F3N3O. The number of aromatic nitrogens is 1. The van der Waals surface area contributed by atoms with E-state index in [-0.39, 0.29) is 6.54 Å². The van der Waals surface area contributed by atoms with Crippen LogP contribution in [0.1, 0.15) is 12.6 Å². The number of hydrogen-bond acceptors (Lipinski definition) is 2. The molecule has 1 heterocycles. The molecule has 0 spiro atoms. The van der Waals surface area contributed by atoms with Crippen LogP contribution in [0.25, 0.3) is 0 Å². The van der Waals surface area contributed by atoms with Gasteiger partial charge in [-0.3, -0.25) is 4.79 Å². The summed E-state index contributed by atoms with van der Waals surface area (Å²) in [4.78, 5) is 11.3. The fourth-order valence-corrected chi connectivity index (χ4v) is 1.43. The molecule has 1 amide bonds. The SMILES string of the molecule is CCNCc1cccn1CC(=O)NCC(F)(F)F. The van der Waals surface area contributed by atoms with Crippen LogP contribution >= 0.6 is 0 Å². The standard InChI is InChI=1S/C11H16F3N3O/c1-2-15-6-9-4-3-5-17(9)7-10(18)16-8-11(12,13)14/h3-5,15H,2,6-8H2,1H3,(H,16,18). The minimum absolute atomic E-state index is 0.107. The number of nitrogens with zero attached hydrogens (tertiary/aromatic N) is 1. The molecule has 1 rings (SSSR count). The molecule has 0 aliphatic rings. The van der Waals surface area contributed by atoms with E-state index in [1.165, 1.54) is 0 Å². The van der Waals surface area contributed by atoms with Gasteiger partial charge in [0.2, 0.25) is 5.91 Å². The molecule has 0 aliphatic heterocycles. The summed E-state index contributed by atoms with van der Waals surface area (Å²) >= 11 is 0. The molecule has 0 aliphatic carbocycles. The zero-order valence-electron chi connectivity index (χ0n) is 10.0. The zero-order valence-corrected chi connectivity index (χ0v) is 10.0.